The standard InChI is InChI=1S/C15H18ClFN2S/c1-4-18-14(8-15-19-9(2)10(3)20-15)12-6-5-11(16)7-13(12)17/h5-7,14,18H,4,8H2,1-3H3. The summed E-state index contributed by atoms with van der Waals surface area (Å²) in [4.78, 5) is 5.75. The highest BCUT2D eigenvalue weighted by atomic mass is 35.5. The van der Waals surface area contributed by atoms with E-state index in [0.29, 0.717) is 17.0 Å². The van der Waals surface area contributed by atoms with E-state index in [2.05, 4.69) is 17.2 Å². The van der Waals surface area contributed by atoms with Gasteiger partial charge in [0.2, 0.25) is 0 Å². The fourth-order valence-corrected chi connectivity index (χ4v) is 3.26. The molecule has 1 N–H and O–H groups in total. The van der Waals surface area contributed by atoms with Crippen LogP contribution >= 0.6 is 22.9 Å². The van der Waals surface area contributed by atoms with Gasteiger partial charge in [-0.25, -0.2) is 9.37 Å². The smallest absolute Gasteiger partial charge is 0.129 e. The molecule has 2 nitrogen and oxygen atoms in total. The maximum atomic E-state index is 14.1. The van der Waals surface area contributed by atoms with E-state index in [1.54, 1.807) is 23.5 Å². The minimum atomic E-state index is -0.270. The van der Waals surface area contributed by atoms with Crippen LogP contribution in [-0.4, -0.2) is 11.5 Å². The summed E-state index contributed by atoms with van der Waals surface area (Å²) < 4.78 is 14.1. The molecule has 0 bridgehead atoms. The van der Waals surface area contributed by atoms with Gasteiger partial charge in [0, 0.05) is 27.9 Å². The van der Waals surface area contributed by atoms with Crippen molar-refractivity contribution in [2.45, 2.75) is 33.2 Å². The predicted octanol–water partition coefficient (Wildman–Crippen LogP) is 4.45. The van der Waals surface area contributed by atoms with Crippen LogP contribution in [0.3, 0.4) is 0 Å². The van der Waals surface area contributed by atoms with Crippen LogP contribution in [0.2, 0.25) is 5.02 Å². The average molecular weight is 313 g/mol. The molecule has 2 aromatic rings. The number of nitrogens with zero attached hydrogens (tertiary/aromatic N) is 1. The van der Waals surface area contributed by atoms with Gasteiger partial charge in [0.15, 0.2) is 0 Å². The molecular formula is C15H18ClFN2S. The number of aryl methyl sites for hydroxylation is 2. The number of hydrogen-bond donors (Lipinski definition) is 1. The quantitative estimate of drug-likeness (QED) is 0.882. The summed E-state index contributed by atoms with van der Waals surface area (Å²) >= 11 is 7.48. The molecule has 0 spiro atoms. The van der Waals surface area contributed by atoms with Gasteiger partial charge < -0.3 is 5.32 Å². The van der Waals surface area contributed by atoms with E-state index in [4.69, 9.17) is 11.6 Å². The Balaban J connectivity index is 2.26. The minimum Gasteiger partial charge on any atom is -0.310 e. The number of likely N-dealkylation sites (N-methyl/N-ethyl adjacent to an activating group) is 1. The van der Waals surface area contributed by atoms with Crippen molar-refractivity contribution in [3.63, 3.8) is 0 Å². The van der Waals surface area contributed by atoms with E-state index >= 15 is 0 Å². The monoisotopic (exact) mass is 312 g/mol. The normalized spacial score (nSPS) is 12.7. The fourth-order valence-electron chi connectivity index (χ4n) is 2.12. The predicted molar refractivity (Wildman–Crippen MR) is 83.1 cm³/mol. The Morgan fingerprint density at radius 1 is 1.40 bits per heavy atom. The highest BCUT2D eigenvalue weighted by molar-refractivity contribution is 7.11. The minimum absolute atomic E-state index is 0.0813. The molecular weight excluding hydrogens is 295 g/mol. The van der Waals surface area contributed by atoms with Gasteiger partial charge in [-0.2, -0.15) is 0 Å². The molecule has 0 saturated carbocycles. The molecule has 20 heavy (non-hydrogen) atoms. The molecule has 0 fully saturated rings. The van der Waals surface area contributed by atoms with E-state index in [0.717, 1.165) is 17.2 Å². The van der Waals surface area contributed by atoms with Crippen LogP contribution in [0.1, 0.15) is 34.1 Å². The van der Waals surface area contributed by atoms with Crippen LogP contribution in [0.4, 0.5) is 4.39 Å². The van der Waals surface area contributed by atoms with E-state index in [9.17, 15) is 4.39 Å². The molecule has 1 atom stereocenters. The molecule has 2 rings (SSSR count). The second kappa shape index (κ2) is 6.66. The summed E-state index contributed by atoms with van der Waals surface area (Å²) in [7, 11) is 0. The molecule has 0 aliphatic heterocycles. The zero-order valence-electron chi connectivity index (χ0n) is 11.8. The van der Waals surface area contributed by atoms with Gasteiger partial charge in [-0.3, -0.25) is 0 Å². The SMILES string of the molecule is CCNC(Cc1nc(C)c(C)s1)c1ccc(Cl)cc1F. The van der Waals surface area contributed by atoms with Crippen LogP contribution in [0.25, 0.3) is 0 Å². The van der Waals surface area contributed by atoms with E-state index in [1.807, 2.05) is 13.8 Å². The third kappa shape index (κ3) is 3.57. The Labute approximate surface area is 128 Å². The van der Waals surface area contributed by atoms with Gasteiger partial charge in [-0.05, 0) is 32.5 Å². The first-order valence-corrected chi connectivity index (χ1v) is 7.82. The van der Waals surface area contributed by atoms with Crippen molar-refractivity contribution in [3.8, 4) is 0 Å². The Morgan fingerprint density at radius 2 is 2.15 bits per heavy atom. The molecule has 0 aliphatic carbocycles. The van der Waals surface area contributed by atoms with Gasteiger partial charge in [0.05, 0.1) is 10.7 Å². The van der Waals surface area contributed by atoms with Crippen LogP contribution in [0, 0.1) is 19.7 Å². The van der Waals surface area contributed by atoms with Gasteiger partial charge >= 0.3 is 0 Å². The second-order valence-corrected chi connectivity index (χ2v) is 6.45. The van der Waals surface area contributed by atoms with Crippen molar-refractivity contribution >= 4 is 22.9 Å². The molecule has 0 saturated heterocycles. The molecule has 0 amide bonds. The van der Waals surface area contributed by atoms with Gasteiger partial charge in [-0.1, -0.05) is 24.6 Å². The lowest BCUT2D eigenvalue weighted by atomic mass is 10.0. The summed E-state index contributed by atoms with van der Waals surface area (Å²) in [6, 6.07) is 4.75. The van der Waals surface area contributed by atoms with E-state index in [1.165, 1.54) is 10.9 Å². The Morgan fingerprint density at radius 3 is 2.70 bits per heavy atom. The fraction of sp³-hybridized carbons (Fsp3) is 0.400. The van der Waals surface area contributed by atoms with Gasteiger partial charge in [-0.15, -0.1) is 11.3 Å². The second-order valence-electron chi connectivity index (χ2n) is 4.73. The summed E-state index contributed by atoms with van der Waals surface area (Å²) in [5, 5.41) is 4.77. The Kier molecular flexibility index (Phi) is 5.13. The molecule has 108 valence electrons. The van der Waals surface area contributed by atoms with Crippen molar-refractivity contribution in [2.75, 3.05) is 6.54 Å². The number of benzene rings is 1. The molecule has 5 heteroatoms. The van der Waals surface area contributed by atoms with Crippen LogP contribution in [0.5, 0.6) is 0 Å². The number of halogens is 2. The molecule has 1 unspecified atom stereocenters. The summed E-state index contributed by atoms with van der Waals surface area (Å²) in [6.07, 6.45) is 0.686. The molecule has 1 aromatic carbocycles. The van der Waals surface area contributed by atoms with Crippen molar-refractivity contribution in [2.24, 2.45) is 0 Å². The Hall–Kier alpha value is -0.970. The lowest BCUT2D eigenvalue weighted by Gasteiger charge is -2.18. The average Bonchev–Trinajstić information content (AvgIpc) is 2.68. The highest BCUT2D eigenvalue weighted by Gasteiger charge is 2.18. The van der Waals surface area contributed by atoms with Crippen LogP contribution < -0.4 is 5.32 Å². The molecule has 1 heterocycles. The van der Waals surface area contributed by atoms with Crippen molar-refractivity contribution < 1.29 is 4.39 Å². The van der Waals surface area contributed by atoms with Crippen molar-refractivity contribution in [3.05, 3.63) is 50.2 Å². The third-order valence-corrected chi connectivity index (χ3v) is 4.57. The summed E-state index contributed by atoms with van der Waals surface area (Å²) in [6.45, 7) is 6.84. The zero-order valence-corrected chi connectivity index (χ0v) is 13.4. The number of rotatable bonds is 5. The molecule has 0 aliphatic rings. The van der Waals surface area contributed by atoms with Crippen molar-refractivity contribution in [1.29, 1.82) is 0 Å². The summed E-state index contributed by atoms with van der Waals surface area (Å²) in [5.74, 6) is -0.270. The van der Waals surface area contributed by atoms with E-state index in [-0.39, 0.29) is 11.9 Å². The van der Waals surface area contributed by atoms with Crippen LogP contribution in [0.15, 0.2) is 18.2 Å². The molecule has 0 radical (unpaired) electrons. The van der Waals surface area contributed by atoms with Crippen molar-refractivity contribution in [1.82, 2.24) is 10.3 Å². The number of hydrogen-bond acceptors (Lipinski definition) is 3. The largest absolute Gasteiger partial charge is 0.310 e. The number of thiazole rings is 1. The highest BCUT2D eigenvalue weighted by Crippen LogP contribution is 2.26. The van der Waals surface area contributed by atoms with Gasteiger partial charge in [0.25, 0.3) is 0 Å². The topological polar surface area (TPSA) is 24.9 Å². The molecule has 1 aromatic heterocycles. The lowest BCUT2D eigenvalue weighted by Crippen LogP contribution is -2.24. The maximum Gasteiger partial charge on any atom is 0.129 e. The first-order valence-electron chi connectivity index (χ1n) is 6.62. The zero-order chi connectivity index (χ0) is 14.7. The van der Waals surface area contributed by atoms with Gasteiger partial charge in [0.1, 0.15) is 5.82 Å². The number of nitrogens with one attached hydrogen (secondary N) is 1. The lowest BCUT2D eigenvalue weighted by molar-refractivity contribution is 0.509. The first kappa shape index (κ1) is 15.4. The van der Waals surface area contributed by atoms with E-state index < -0.39 is 0 Å². The maximum absolute atomic E-state index is 14.1. The third-order valence-electron chi connectivity index (χ3n) is 3.24. The Bertz CT molecular complexity index is 578. The van der Waals surface area contributed by atoms with Crippen LogP contribution in [-0.2, 0) is 6.42 Å². The number of aromatic nitrogens is 1. The summed E-state index contributed by atoms with van der Waals surface area (Å²) in [5.41, 5.74) is 1.69. The first-order chi connectivity index (χ1) is 9.51.